The van der Waals surface area contributed by atoms with E-state index in [1.54, 1.807) is 0 Å². The van der Waals surface area contributed by atoms with Gasteiger partial charge in [0.2, 0.25) is 0 Å². The summed E-state index contributed by atoms with van der Waals surface area (Å²) in [5.41, 5.74) is 1.06. The lowest BCUT2D eigenvalue weighted by Crippen LogP contribution is -2.35. The first-order chi connectivity index (χ1) is 8.83. The van der Waals surface area contributed by atoms with Crippen LogP contribution in [0.4, 0.5) is 10.1 Å². The van der Waals surface area contributed by atoms with E-state index in [1.165, 1.54) is 44.2 Å². The van der Waals surface area contributed by atoms with E-state index in [0.717, 1.165) is 12.4 Å². The Morgan fingerprint density at radius 3 is 2.39 bits per heavy atom. The van der Waals surface area contributed by atoms with Crippen molar-refractivity contribution >= 4 is 5.69 Å². The second kappa shape index (κ2) is 5.01. The summed E-state index contributed by atoms with van der Waals surface area (Å²) in [5, 5.41) is 0. The lowest BCUT2D eigenvalue weighted by molar-refractivity contribution is 0.232. The molecule has 0 spiro atoms. The van der Waals surface area contributed by atoms with Gasteiger partial charge in [-0.2, -0.15) is 0 Å². The van der Waals surface area contributed by atoms with Crippen LogP contribution >= 0.6 is 0 Å². The van der Waals surface area contributed by atoms with Crippen LogP contribution < -0.4 is 4.90 Å². The Labute approximate surface area is 108 Å². The molecule has 1 aromatic rings. The monoisotopic (exact) mass is 246 g/mol. The number of halogens is 1. The van der Waals surface area contributed by atoms with Crippen LogP contribution in [0.1, 0.15) is 32.1 Å². The largest absolute Gasteiger partial charge is 0.355 e. The molecule has 1 aromatic carbocycles. The van der Waals surface area contributed by atoms with Crippen LogP contribution in [0.3, 0.4) is 0 Å². The molecule has 1 aliphatic heterocycles. The Balaban J connectivity index is 1.64. The van der Waals surface area contributed by atoms with Crippen molar-refractivity contribution in [2.24, 2.45) is 0 Å². The zero-order valence-electron chi connectivity index (χ0n) is 10.6. The average Bonchev–Trinajstić information content (AvgIpc) is 2.90. The first kappa shape index (κ1) is 11.6. The number of anilines is 1. The molecule has 0 amide bonds. The molecular formula is C15H19FN2. The summed E-state index contributed by atoms with van der Waals surface area (Å²) in [6.45, 7) is 0.899. The quantitative estimate of drug-likeness (QED) is 0.785. The molecule has 0 radical (unpaired) electrons. The van der Waals surface area contributed by atoms with Crippen LogP contribution in [0.5, 0.6) is 0 Å². The number of hydrogen-bond donors (Lipinski definition) is 0. The van der Waals surface area contributed by atoms with Crippen molar-refractivity contribution < 1.29 is 4.39 Å². The first-order valence-electron chi connectivity index (χ1n) is 6.79. The topological polar surface area (TPSA) is 6.48 Å². The van der Waals surface area contributed by atoms with Crippen molar-refractivity contribution in [3.05, 3.63) is 42.5 Å². The number of hydrogen-bond acceptors (Lipinski definition) is 2. The molecule has 0 N–H and O–H groups in total. The van der Waals surface area contributed by atoms with Gasteiger partial charge in [0.1, 0.15) is 5.82 Å². The van der Waals surface area contributed by atoms with E-state index in [-0.39, 0.29) is 5.82 Å². The molecule has 18 heavy (non-hydrogen) atoms. The van der Waals surface area contributed by atoms with Gasteiger partial charge >= 0.3 is 0 Å². The predicted octanol–water partition coefficient (Wildman–Crippen LogP) is 3.71. The van der Waals surface area contributed by atoms with Crippen LogP contribution in [-0.4, -0.2) is 17.6 Å². The predicted molar refractivity (Wildman–Crippen MR) is 71.6 cm³/mol. The molecule has 1 aliphatic carbocycles. The Morgan fingerprint density at radius 2 is 1.67 bits per heavy atom. The third kappa shape index (κ3) is 2.35. The van der Waals surface area contributed by atoms with Crippen molar-refractivity contribution in [3.8, 4) is 0 Å². The van der Waals surface area contributed by atoms with Crippen molar-refractivity contribution in [1.29, 1.82) is 0 Å². The summed E-state index contributed by atoms with van der Waals surface area (Å²) in [6, 6.07) is 7.41. The summed E-state index contributed by atoms with van der Waals surface area (Å²) in [4.78, 5) is 4.59. The van der Waals surface area contributed by atoms with Gasteiger partial charge < -0.3 is 9.80 Å². The fourth-order valence-electron chi connectivity index (χ4n) is 2.89. The lowest BCUT2D eigenvalue weighted by Gasteiger charge is -2.32. The second-order valence-electron chi connectivity index (χ2n) is 5.19. The fourth-order valence-corrected chi connectivity index (χ4v) is 2.89. The molecule has 1 heterocycles. The van der Waals surface area contributed by atoms with Crippen LogP contribution in [0.25, 0.3) is 0 Å². The van der Waals surface area contributed by atoms with Crippen molar-refractivity contribution in [3.63, 3.8) is 0 Å². The van der Waals surface area contributed by atoms with Crippen LogP contribution in [0.15, 0.2) is 36.7 Å². The third-order valence-corrected chi connectivity index (χ3v) is 3.96. The van der Waals surface area contributed by atoms with Gasteiger partial charge in [0.05, 0.1) is 6.67 Å². The van der Waals surface area contributed by atoms with Gasteiger partial charge in [0.25, 0.3) is 0 Å². The van der Waals surface area contributed by atoms with Crippen molar-refractivity contribution in [1.82, 2.24) is 4.90 Å². The minimum Gasteiger partial charge on any atom is -0.355 e. The summed E-state index contributed by atoms with van der Waals surface area (Å²) in [6.07, 6.45) is 11.0. The smallest absolute Gasteiger partial charge is 0.123 e. The average molecular weight is 246 g/mol. The SMILES string of the molecule is Fc1ccc(N2C=CN(C3CCCCC3)C2)cc1. The Bertz CT molecular complexity index is 421. The zero-order chi connectivity index (χ0) is 12.4. The van der Waals surface area contributed by atoms with E-state index in [2.05, 4.69) is 22.2 Å². The summed E-state index contributed by atoms with van der Waals surface area (Å²) in [7, 11) is 0. The maximum absolute atomic E-state index is 12.9. The fraction of sp³-hybridized carbons (Fsp3) is 0.467. The van der Waals surface area contributed by atoms with Crippen molar-refractivity contribution in [2.45, 2.75) is 38.1 Å². The van der Waals surface area contributed by atoms with Gasteiger partial charge in [-0.1, -0.05) is 19.3 Å². The molecule has 2 nitrogen and oxygen atoms in total. The van der Waals surface area contributed by atoms with Gasteiger partial charge in [0, 0.05) is 24.1 Å². The van der Waals surface area contributed by atoms with E-state index in [4.69, 9.17) is 0 Å². The Kier molecular flexibility index (Phi) is 3.22. The second-order valence-corrected chi connectivity index (χ2v) is 5.19. The highest BCUT2D eigenvalue weighted by Gasteiger charge is 2.23. The number of benzene rings is 1. The summed E-state index contributed by atoms with van der Waals surface area (Å²) < 4.78 is 12.9. The lowest BCUT2D eigenvalue weighted by atomic mass is 9.95. The molecule has 2 aliphatic rings. The van der Waals surface area contributed by atoms with Gasteiger partial charge in [-0.3, -0.25) is 0 Å². The van der Waals surface area contributed by atoms with E-state index in [1.807, 2.05) is 12.1 Å². The zero-order valence-corrected chi connectivity index (χ0v) is 10.6. The highest BCUT2D eigenvalue weighted by molar-refractivity contribution is 5.50. The Morgan fingerprint density at radius 1 is 0.944 bits per heavy atom. The van der Waals surface area contributed by atoms with E-state index < -0.39 is 0 Å². The van der Waals surface area contributed by atoms with Gasteiger partial charge in [-0.15, -0.1) is 0 Å². The minimum absolute atomic E-state index is 0.175. The highest BCUT2D eigenvalue weighted by Crippen LogP contribution is 2.27. The standard InChI is InChI=1S/C15H19FN2/c16-13-6-8-15(9-7-13)18-11-10-17(12-18)14-4-2-1-3-5-14/h6-11,14H,1-5,12H2. The molecule has 3 heteroatoms. The van der Waals surface area contributed by atoms with E-state index in [0.29, 0.717) is 6.04 Å². The molecule has 0 aromatic heterocycles. The molecule has 1 saturated carbocycles. The Hall–Kier alpha value is -1.51. The van der Waals surface area contributed by atoms with Crippen molar-refractivity contribution in [2.75, 3.05) is 11.6 Å². The van der Waals surface area contributed by atoms with Crippen LogP contribution in [-0.2, 0) is 0 Å². The first-order valence-corrected chi connectivity index (χ1v) is 6.79. The summed E-state index contributed by atoms with van der Waals surface area (Å²) in [5.74, 6) is -0.175. The van der Waals surface area contributed by atoms with Crippen LogP contribution in [0, 0.1) is 5.82 Å². The van der Waals surface area contributed by atoms with E-state index in [9.17, 15) is 4.39 Å². The van der Waals surface area contributed by atoms with Gasteiger partial charge in [-0.05, 0) is 37.1 Å². The molecule has 0 bridgehead atoms. The minimum atomic E-state index is -0.175. The molecule has 0 atom stereocenters. The van der Waals surface area contributed by atoms with Crippen LogP contribution in [0.2, 0.25) is 0 Å². The summed E-state index contributed by atoms with van der Waals surface area (Å²) >= 11 is 0. The molecule has 0 saturated heterocycles. The molecule has 1 fully saturated rings. The van der Waals surface area contributed by atoms with Gasteiger partial charge in [-0.25, -0.2) is 4.39 Å². The highest BCUT2D eigenvalue weighted by atomic mass is 19.1. The van der Waals surface area contributed by atoms with Gasteiger partial charge in [0.15, 0.2) is 0 Å². The third-order valence-electron chi connectivity index (χ3n) is 3.96. The maximum Gasteiger partial charge on any atom is 0.123 e. The number of rotatable bonds is 2. The maximum atomic E-state index is 12.9. The molecular weight excluding hydrogens is 227 g/mol. The van der Waals surface area contributed by atoms with E-state index >= 15 is 0 Å². The normalized spacial score (nSPS) is 20.7. The number of nitrogens with zero attached hydrogens (tertiary/aromatic N) is 2. The molecule has 0 unspecified atom stereocenters. The molecule has 3 rings (SSSR count). The molecule has 96 valence electrons.